The molecule has 0 saturated carbocycles. The molecular weight excluding hydrogens is 274 g/mol. The lowest BCUT2D eigenvalue weighted by molar-refractivity contribution is 0.176. The molecule has 0 saturated heterocycles. The highest BCUT2D eigenvalue weighted by molar-refractivity contribution is 5.42. The molecule has 2 rings (SSSR count). The largest absolute Gasteiger partial charge is 0.496 e. The van der Waals surface area contributed by atoms with Crippen molar-refractivity contribution in [2.45, 2.75) is 26.4 Å². The zero-order valence-electron chi connectivity index (χ0n) is 12.3. The number of rotatable bonds is 4. The van der Waals surface area contributed by atoms with Crippen LogP contribution in [0.2, 0.25) is 0 Å². The number of hydrogen-bond acceptors (Lipinski definition) is 2. The van der Waals surface area contributed by atoms with Crippen LogP contribution in [0.4, 0.5) is 8.78 Å². The zero-order valence-corrected chi connectivity index (χ0v) is 12.3. The Bertz CT molecular complexity index is 653. The fourth-order valence-corrected chi connectivity index (χ4v) is 2.42. The van der Waals surface area contributed by atoms with Crippen molar-refractivity contribution in [1.29, 1.82) is 0 Å². The SMILES string of the molecule is COc1cc(C)c(C(O)Cc2cccc(F)c2F)cc1C. The van der Waals surface area contributed by atoms with Gasteiger partial charge in [-0.1, -0.05) is 12.1 Å². The lowest BCUT2D eigenvalue weighted by Crippen LogP contribution is -2.07. The van der Waals surface area contributed by atoms with Gasteiger partial charge in [-0.15, -0.1) is 0 Å². The maximum absolute atomic E-state index is 13.7. The second-order valence-corrected chi connectivity index (χ2v) is 5.11. The van der Waals surface area contributed by atoms with E-state index in [1.807, 2.05) is 26.0 Å². The Kier molecular flexibility index (Phi) is 4.58. The van der Waals surface area contributed by atoms with E-state index in [2.05, 4.69) is 0 Å². The van der Waals surface area contributed by atoms with Crippen molar-refractivity contribution in [3.8, 4) is 5.75 Å². The van der Waals surface area contributed by atoms with E-state index < -0.39 is 17.7 Å². The van der Waals surface area contributed by atoms with Gasteiger partial charge in [-0.25, -0.2) is 8.78 Å². The zero-order chi connectivity index (χ0) is 15.6. The van der Waals surface area contributed by atoms with Crippen LogP contribution in [0, 0.1) is 25.5 Å². The highest BCUT2D eigenvalue weighted by atomic mass is 19.2. The van der Waals surface area contributed by atoms with Gasteiger partial charge in [0.05, 0.1) is 13.2 Å². The topological polar surface area (TPSA) is 29.5 Å². The van der Waals surface area contributed by atoms with E-state index in [1.165, 1.54) is 12.1 Å². The predicted molar refractivity (Wildman–Crippen MR) is 77.5 cm³/mol. The summed E-state index contributed by atoms with van der Waals surface area (Å²) in [5.74, 6) is -1.07. The molecule has 0 aromatic heterocycles. The van der Waals surface area contributed by atoms with Gasteiger partial charge < -0.3 is 9.84 Å². The molecule has 0 aliphatic rings. The molecule has 0 amide bonds. The number of aliphatic hydroxyl groups is 1. The van der Waals surface area contributed by atoms with E-state index in [0.29, 0.717) is 5.56 Å². The number of halogens is 2. The Morgan fingerprint density at radius 2 is 1.86 bits per heavy atom. The molecular formula is C17H18F2O2. The molecule has 0 fully saturated rings. The Morgan fingerprint density at radius 1 is 1.14 bits per heavy atom. The van der Waals surface area contributed by atoms with E-state index in [9.17, 15) is 13.9 Å². The van der Waals surface area contributed by atoms with Crippen molar-refractivity contribution in [1.82, 2.24) is 0 Å². The van der Waals surface area contributed by atoms with Crippen molar-refractivity contribution in [3.05, 3.63) is 64.2 Å². The van der Waals surface area contributed by atoms with Crippen LogP contribution in [-0.4, -0.2) is 12.2 Å². The van der Waals surface area contributed by atoms with Crippen LogP contribution in [0.1, 0.15) is 28.4 Å². The standard InChI is InChI=1S/C17H18F2O2/c1-10-8-16(21-3)11(2)7-13(10)15(20)9-12-5-4-6-14(18)17(12)19/h4-8,15,20H,9H2,1-3H3. The molecule has 2 aromatic rings. The Balaban J connectivity index is 2.30. The smallest absolute Gasteiger partial charge is 0.162 e. The summed E-state index contributed by atoms with van der Waals surface area (Å²) >= 11 is 0. The number of ether oxygens (including phenoxy) is 1. The van der Waals surface area contributed by atoms with Crippen LogP contribution in [0.5, 0.6) is 5.75 Å². The van der Waals surface area contributed by atoms with Crippen LogP contribution in [0.3, 0.4) is 0 Å². The molecule has 21 heavy (non-hydrogen) atoms. The third-order valence-corrected chi connectivity index (χ3v) is 3.59. The van der Waals surface area contributed by atoms with Gasteiger partial charge in [0.1, 0.15) is 5.75 Å². The summed E-state index contributed by atoms with van der Waals surface area (Å²) in [5, 5.41) is 10.3. The Hall–Kier alpha value is -1.94. The summed E-state index contributed by atoms with van der Waals surface area (Å²) in [6.07, 6.45) is -0.873. The second kappa shape index (κ2) is 6.22. The summed E-state index contributed by atoms with van der Waals surface area (Å²) in [6, 6.07) is 7.62. The van der Waals surface area contributed by atoms with Crippen LogP contribution in [-0.2, 0) is 6.42 Å². The summed E-state index contributed by atoms with van der Waals surface area (Å²) in [4.78, 5) is 0. The lowest BCUT2D eigenvalue weighted by Gasteiger charge is -2.17. The molecule has 2 aromatic carbocycles. The number of benzene rings is 2. The molecule has 0 aliphatic carbocycles. The second-order valence-electron chi connectivity index (χ2n) is 5.11. The van der Waals surface area contributed by atoms with E-state index in [4.69, 9.17) is 4.74 Å². The molecule has 2 nitrogen and oxygen atoms in total. The fraction of sp³-hybridized carbons (Fsp3) is 0.294. The fourth-order valence-electron chi connectivity index (χ4n) is 2.42. The van der Waals surface area contributed by atoms with E-state index in [0.717, 1.165) is 22.9 Å². The lowest BCUT2D eigenvalue weighted by atomic mass is 9.95. The van der Waals surface area contributed by atoms with Crippen molar-refractivity contribution in [3.63, 3.8) is 0 Å². The van der Waals surface area contributed by atoms with E-state index >= 15 is 0 Å². The molecule has 1 unspecified atom stereocenters. The molecule has 0 aliphatic heterocycles. The summed E-state index contributed by atoms with van der Waals surface area (Å²) in [7, 11) is 1.58. The van der Waals surface area contributed by atoms with Gasteiger partial charge >= 0.3 is 0 Å². The summed E-state index contributed by atoms with van der Waals surface area (Å²) < 4.78 is 32.1. The van der Waals surface area contributed by atoms with Crippen molar-refractivity contribution in [2.24, 2.45) is 0 Å². The van der Waals surface area contributed by atoms with Gasteiger partial charge in [0, 0.05) is 6.42 Å². The molecule has 112 valence electrons. The number of aryl methyl sites for hydroxylation is 2. The van der Waals surface area contributed by atoms with Gasteiger partial charge in [0.25, 0.3) is 0 Å². The maximum Gasteiger partial charge on any atom is 0.162 e. The van der Waals surface area contributed by atoms with Crippen LogP contribution in [0.15, 0.2) is 30.3 Å². The summed E-state index contributed by atoms with van der Waals surface area (Å²) in [5.41, 5.74) is 2.59. The van der Waals surface area contributed by atoms with Crippen LogP contribution in [0.25, 0.3) is 0 Å². The normalized spacial score (nSPS) is 12.3. The third kappa shape index (κ3) is 3.22. The number of aliphatic hydroxyl groups excluding tert-OH is 1. The van der Waals surface area contributed by atoms with Crippen LogP contribution < -0.4 is 4.74 Å². The van der Waals surface area contributed by atoms with Crippen molar-refractivity contribution >= 4 is 0 Å². The van der Waals surface area contributed by atoms with Gasteiger partial charge in [-0.05, 0) is 54.3 Å². The molecule has 1 N–H and O–H groups in total. The minimum absolute atomic E-state index is 0.0240. The highest BCUT2D eigenvalue weighted by Crippen LogP contribution is 2.29. The van der Waals surface area contributed by atoms with Gasteiger partial charge in [-0.2, -0.15) is 0 Å². The molecule has 1 atom stereocenters. The molecule has 4 heteroatoms. The van der Waals surface area contributed by atoms with Gasteiger partial charge in [0.15, 0.2) is 11.6 Å². The quantitative estimate of drug-likeness (QED) is 0.927. The maximum atomic E-state index is 13.7. The highest BCUT2D eigenvalue weighted by Gasteiger charge is 2.17. The molecule has 0 heterocycles. The van der Waals surface area contributed by atoms with Crippen LogP contribution >= 0.6 is 0 Å². The Labute approximate surface area is 123 Å². The van der Waals surface area contributed by atoms with Crippen molar-refractivity contribution < 1.29 is 18.6 Å². The molecule has 0 radical (unpaired) electrons. The first-order valence-corrected chi connectivity index (χ1v) is 6.70. The average molecular weight is 292 g/mol. The monoisotopic (exact) mass is 292 g/mol. The van der Waals surface area contributed by atoms with Gasteiger partial charge in [0.2, 0.25) is 0 Å². The van der Waals surface area contributed by atoms with E-state index in [-0.39, 0.29) is 12.0 Å². The van der Waals surface area contributed by atoms with E-state index in [1.54, 1.807) is 7.11 Å². The molecule has 0 spiro atoms. The first kappa shape index (κ1) is 15.4. The minimum atomic E-state index is -0.903. The average Bonchev–Trinajstić information content (AvgIpc) is 2.45. The predicted octanol–water partition coefficient (Wildman–Crippen LogP) is 3.87. The number of hydrogen-bond donors (Lipinski definition) is 1. The number of methoxy groups -OCH3 is 1. The first-order chi connectivity index (χ1) is 9.93. The third-order valence-electron chi connectivity index (χ3n) is 3.59. The Morgan fingerprint density at radius 3 is 2.52 bits per heavy atom. The molecule has 0 bridgehead atoms. The van der Waals surface area contributed by atoms with Crippen molar-refractivity contribution in [2.75, 3.05) is 7.11 Å². The minimum Gasteiger partial charge on any atom is -0.496 e. The summed E-state index contributed by atoms with van der Waals surface area (Å²) in [6.45, 7) is 3.72. The van der Waals surface area contributed by atoms with Gasteiger partial charge in [-0.3, -0.25) is 0 Å². The first-order valence-electron chi connectivity index (χ1n) is 6.70.